The molecule has 0 aromatic rings. The number of rotatable bonds is 2. The second-order valence-corrected chi connectivity index (χ2v) is 8.24. The van der Waals surface area contributed by atoms with E-state index in [0.717, 1.165) is 12.6 Å². The standard InChI is InChI=1S/C18H33NO/c1-17(2)10-7-4-8-16(17)19-15-9-13-20-18(14-15)11-5-3-6-12-18/h15-16,19H,3-14H2,1-2H3. The third-order valence-electron chi connectivity index (χ3n) is 6.20. The molecule has 3 fully saturated rings. The molecule has 1 spiro atoms. The van der Waals surface area contributed by atoms with Crippen molar-refractivity contribution in [3.05, 3.63) is 0 Å². The van der Waals surface area contributed by atoms with Gasteiger partial charge in [-0.2, -0.15) is 0 Å². The van der Waals surface area contributed by atoms with Crippen LogP contribution >= 0.6 is 0 Å². The Labute approximate surface area is 125 Å². The molecule has 0 radical (unpaired) electrons. The lowest BCUT2D eigenvalue weighted by molar-refractivity contribution is -0.111. The van der Waals surface area contributed by atoms with E-state index in [2.05, 4.69) is 19.2 Å². The summed E-state index contributed by atoms with van der Waals surface area (Å²) in [6.45, 7) is 5.89. The van der Waals surface area contributed by atoms with Crippen LogP contribution in [0.4, 0.5) is 0 Å². The van der Waals surface area contributed by atoms with E-state index < -0.39 is 0 Å². The van der Waals surface area contributed by atoms with E-state index in [0.29, 0.717) is 11.5 Å². The smallest absolute Gasteiger partial charge is 0.0697 e. The Hall–Kier alpha value is -0.0800. The maximum absolute atomic E-state index is 6.24. The molecular weight excluding hydrogens is 246 g/mol. The summed E-state index contributed by atoms with van der Waals surface area (Å²) in [6.07, 6.45) is 14.9. The van der Waals surface area contributed by atoms with Crippen LogP contribution in [0, 0.1) is 5.41 Å². The van der Waals surface area contributed by atoms with Gasteiger partial charge in [-0.3, -0.25) is 0 Å². The van der Waals surface area contributed by atoms with Gasteiger partial charge in [0.05, 0.1) is 5.60 Å². The quantitative estimate of drug-likeness (QED) is 0.807. The van der Waals surface area contributed by atoms with Crippen LogP contribution in [-0.2, 0) is 4.74 Å². The van der Waals surface area contributed by atoms with Crippen molar-refractivity contribution in [1.82, 2.24) is 5.32 Å². The van der Waals surface area contributed by atoms with Gasteiger partial charge in [0.25, 0.3) is 0 Å². The molecule has 2 saturated carbocycles. The van der Waals surface area contributed by atoms with Crippen LogP contribution in [0.5, 0.6) is 0 Å². The highest BCUT2D eigenvalue weighted by Gasteiger charge is 2.40. The van der Waals surface area contributed by atoms with E-state index in [1.165, 1.54) is 70.6 Å². The Morgan fingerprint density at radius 2 is 1.65 bits per heavy atom. The van der Waals surface area contributed by atoms with Crippen LogP contribution in [0.2, 0.25) is 0 Å². The molecule has 3 aliphatic rings. The summed E-state index contributed by atoms with van der Waals surface area (Å²) in [5.74, 6) is 0. The molecule has 0 aromatic heterocycles. The fraction of sp³-hybridized carbons (Fsp3) is 1.00. The molecular formula is C18H33NO. The Balaban J connectivity index is 1.59. The molecule has 0 aromatic carbocycles. The maximum Gasteiger partial charge on any atom is 0.0697 e. The molecule has 2 aliphatic carbocycles. The normalized spacial score (nSPS) is 36.9. The van der Waals surface area contributed by atoms with Crippen LogP contribution in [0.1, 0.15) is 84.5 Å². The van der Waals surface area contributed by atoms with Gasteiger partial charge in [0.15, 0.2) is 0 Å². The van der Waals surface area contributed by atoms with Crippen molar-refractivity contribution in [1.29, 1.82) is 0 Å². The fourth-order valence-electron chi connectivity index (χ4n) is 4.80. The van der Waals surface area contributed by atoms with Crippen molar-refractivity contribution >= 4 is 0 Å². The van der Waals surface area contributed by atoms with E-state index >= 15 is 0 Å². The Kier molecular flexibility index (Phi) is 4.42. The largest absolute Gasteiger partial charge is 0.375 e. The zero-order valence-corrected chi connectivity index (χ0v) is 13.5. The minimum atomic E-state index is 0.243. The summed E-state index contributed by atoms with van der Waals surface area (Å²) in [6, 6.07) is 1.42. The van der Waals surface area contributed by atoms with E-state index in [1.807, 2.05) is 0 Å². The average Bonchev–Trinajstić information content (AvgIpc) is 2.42. The third kappa shape index (κ3) is 3.22. The topological polar surface area (TPSA) is 21.3 Å². The van der Waals surface area contributed by atoms with Crippen LogP contribution in [0.3, 0.4) is 0 Å². The SMILES string of the molecule is CC1(C)CCCCC1NC1CCOC2(CCCCC2)C1. The van der Waals surface area contributed by atoms with Crippen molar-refractivity contribution in [2.24, 2.45) is 5.41 Å². The van der Waals surface area contributed by atoms with Gasteiger partial charge < -0.3 is 10.1 Å². The van der Waals surface area contributed by atoms with Crippen molar-refractivity contribution in [3.8, 4) is 0 Å². The van der Waals surface area contributed by atoms with Crippen molar-refractivity contribution in [2.45, 2.75) is 102 Å². The minimum Gasteiger partial charge on any atom is -0.375 e. The molecule has 2 nitrogen and oxygen atoms in total. The van der Waals surface area contributed by atoms with Crippen LogP contribution < -0.4 is 5.32 Å². The van der Waals surface area contributed by atoms with Crippen molar-refractivity contribution < 1.29 is 4.74 Å². The first kappa shape index (κ1) is 14.8. The molecule has 116 valence electrons. The summed E-state index contributed by atoms with van der Waals surface area (Å²) < 4.78 is 6.24. The summed E-state index contributed by atoms with van der Waals surface area (Å²) in [5, 5.41) is 4.04. The van der Waals surface area contributed by atoms with Gasteiger partial charge in [-0.1, -0.05) is 46.0 Å². The molecule has 1 N–H and O–H groups in total. The van der Waals surface area contributed by atoms with Gasteiger partial charge in [-0.15, -0.1) is 0 Å². The Morgan fingerprint density at radius 1 is 0.900 bits per heavy atom. The second-order valence-electron chi connectivity index (χ2n) is 8.24. The van der Waals surface area contributed by atoms with Crippen molar-refractivity contribution in [3.63, 3.8) is 0 Å². The molecule has 3 rings (SSSR count). The van der Waals surface area contributed by atoms with E-state index in [9.17, 15) is 0 Å². The van der Waals surface area contributed by atoms with Crippen molar-refractivity contribution in [2.75, 3.05) is 6.61 Å². The molecule has 2 unspecified atom stereocenters. The minimum absolute atomic E-state index is 0.243. The fourth-order valence-corrected chi connectivity index (χ4v) is 4.80. The molecule has 2 atom stereocenters. The van der Waals surface area contributed by atoms with Gasteiger partial charge >= 0.3 is 0 Å². The lowest BCUT2D eigenvalue weighted by Crippen LogP contribution is -2.54. The van der Waals surface area contributed by atoms with Gasteiger partial charge in [-0.05, 0) is 43.9 Å². The number of hydrogen-bond donors (Lipinski definition) is 1. The summed E-state index contributed by atoms with van der Waals surface area (Å²) in [7, 11) is 0. The predicted molar refractivity (Wildman–Crippen MR) is 84.0 cm³/mol. The highest BCUT2D eigenvalue weighted by Crippen LogP contribution is 2.40. The average molecular weight is 279 g/mol. The van der Waals surface area contributed by atoms with Gasteiger partial charge in [0.1, 0.15) is 0 Å². The van der Waals surface area contributed by atoms with Gasteiger partial charge in [-0.25, -0.2) is 0 Å². The second kappa shape index (κ2) is 5.96. The summed E-state index contributed by atoms with van der Waals surface area (Å²) in [5.41, 5.74) is 0.725. The van der Waals surface area contributed by atoms with E-state index in [-0.39, 0.29) is 5.60 Å². The Bertz CT molecular complexity index is 314. The lowest BCUT2D eigenvalue weighted by atomic mass is 9.72. The lowest BCUT2D eigenvalue weighted by Gasteiger charge is -2.47. The zero-order chi connectivity index (χ0) is 14.1. The molecule has 0 bridgehead atoms. The first-order chi connectivity index (χ1) is 9.60. The molecule has 1 aliphatic heterocycles. The summed E-state index contributed by atoms with van der Waals surface area (Å²) >= 11 is 0. The summed E-state index contributed by atoms with van der Waals surface area (Å²) in [4.78, 5) is 0. The highest BCUT2D eigenvalue weighted by atomic mass is 16.5. The number of nitrogens with one attached hydrogen (secondary N) is 1. The first-order valence-electron chi connectivity index (χ1n) is 9.00. The van der Waals surface area contributed by atoms with Gasteiger partial charge in [0, 0.05) is 18.7 Å². The predicted octanol–water partition coefficient (Wildman–Crippen LogP) is 4.43. The molecule has 1 heterocycles. The zero-order valence-electron chi connectivity index (χ0n) is 13.5. The molecule has 2 heteroatoms. The van der Waals surface area contributed by atoms with Crippen LogP contribution in [0.15, 0.2) is 0 Å². The van der Waals surface area contributed by atoms with Crippen LogP contribution in [-0.4, -0.2) is 24.3 Å². The Morgan fingerprint density at radius 3 is 2.40 bits per heavy atom. The maximum atomic E-state index is 6.24. The first-order valence-corrected chi connectivity index (χ1v) is 9.00. The van der Waals surface area contributed by atoms with E-state index in [4.69, 9.17) is 4.74 Å². The molecule has 1 saturated heterocycles. The molecule has 0 amide bonds. The van der Waals surface area contributed by atoms with E-state index in [1.54, 1.807) is 0 Å². The number of hydrogen-bond acceptors (Lipinski definition) is 2. The van der Waals surface area contributed by atoms with Crippen LogP contribution in [0.25, 0.3) is 0 Å². The third-order valence-corrected chi connectivity index (χ3v) is 6.20. The van der Waals surface area contributed by atoms with Gasteiger partial charge in [0.2, 0.25) is 0 Å². The highest BCUT2D eigenvalue weighted by molar-refractivity contribution is 4.96. The monoisotopic (exact) mass is 279 g/mol. The number of ether oxygens (including phenoxy) is 1. The molecule has 20 heavy (non-hydrogen) atoms.